The number of aromatic nitrogens is 1. The zero-order valence-corrected chi connectivity index (χ0v) is 20.3. The number of nitrogen functional groups attached to an aromatic ring is 1. The number of hydrogen-bond acceptors (Lipinski definition) is 10. The number of nitrogens with one attached hydrogen (secondary N) is 1. The highest BCUT2D eigenvalue weighted by atomic mass is 32.2. The highest BCUT2D eigenvalue weighted by Gasteiger charge is 2.21. The van der Waals surface area contributed by atoms with Gasteiger partial charge >= 0.3 is 0 Å². The first-order valence-electron chi connectivity index (χ1n) is 10.6. The lowest BCUT2D eigenvalue weighted by molar-refractivity contribution is -0.134. The Labute approximate surface area is 204 Å². The molecule has 10 nitrogen and oxygen atoms in total. The van der Waals surface area contributed by atoms with Crippen LogP contribution in [0.15, 0.2) is 40.7 Å². The summed E-state index contributed by atoms with van der Waals surface area (Å²) in [4.78, 5) is 26.9. The molecule has 1 aromatic carbocycles. The summed E-state index contributed by atoms with van der Waals surface area (Å²) >= 11 is -0.756. The van der Waals surface area contributed by atoms with E-state index in [0.29, 0.717) is 18.0 Å². The van der Waals surface area contributed by atoms with Gasteiger partial charge in [-0.2, -0.15) is 0 Å². The lowest BCUT2D eigenvalue weighted by Crippen LogP contribution is -2.32. The number of piperidine rings is 1. The molecule has 12 heteroatoms. The van der Waals surface area contributed by atoms with Gasteiger partial charge in [-0.3, -0.25) is 13.8 Å². The number of carbonyl (C=O) groups is 2. The van der Waals surface area contributed by atoms with Crippen LogP contribution >= 0.6 is 11.3 Å². The maximum atomic E-state index is 11.4. The summed E-state index contributed by atoms with van der Waals surface area (Å²) in [5.74, 6) is 0.103. The van der Waals surface area contributed by atoms with Crippen LogP contribution < -0.4 is 21.7 Å². The van der Waals surface area contributed by atoms with Gasteiger partial charge < -0.3 is 31.0 Å². The number of rotatable bonds is 4. The van der Waals surface area contributed by atoms with Crippen molar-refractivity contribution in [2.24, 2.45) is 5.73 Å². The SMILES string of the molecule is CCN.Nc1nccs1.O=C1CCCN1c1ccc(S(=O)[O-])cc1.O=COC1CCNCC1.[HH].[HH]. The quantitative estimate of drug-likeness (QED) is 0.419. The van der Waals surface area contributed by atoms with Crippen molar-refractivity contribution in [2.45, 2.75) is 43.6 Å². The van der Waals surface area contributed by atoms with Gasteiger partial charge in [0.05, 0.1) is 0 Å². The molecule has 1 aromatic heterocycles. The van der Waals surface area contributed by atoms with E-state index in [2.05, 4.69) is 10.3 Å². The molecule has 3 heterocycles. The minimum Gasteiger partial charge on any atom is -0.768 e. The standard InChI is InChI=1S/C10H11NO3S.C6H11NO2.C3H4N2S.C2H7N.2H2/c12-10-2-1-7-11(10)8-3-5-9(6-4-8)15(13)14;8-5-9-6-1-3-7-4-2-6;4-3-5-1-2-6-3;1-2-3;;/h3-6H,1-2,7H2,(H,13,14);5-7H,1-4H2;1-2H,(H2,4,5);2-3H2,1H3;2*1H/p-1. The molecule has 1 unspecified atom stereocenters. The average Bonchev–Trinajstić information content (AvgIpc) is 3.47. The molecule has 0 saturated carbocycles. The molecule has 2 saturated heterocycles. The topological polar surface area (TPSA) is 164 Å². The lowest BCUT2D eigenvalue weighted by atomic mass is 10.1. The van der Waals surface area contributed by atoms with E-state index in [9.17, 15) is 18.4 Å². The Hall–Kier alpha value is -2.38. The highest BCUT2D eigenvalue weighted by molar-refractivity contribution is 7.79. The first kappa shape index (κ1) is 28.7. The fraction of sp³-hybridized carbons (Fsp3) is 0.476. The predicted molar refractivity (Wildman–Crippen MR) is 134 cm³/mol. The predicted octanol–water partition coefficient (Wildman–Crippen LogP) is 2.15. The van der Waals surface area contributed by atoms with E-state index in [1.807, 2.05) is 12.3 Å². The van der Waals surface area contributed by atoms with E-state index in [4.69, 9.17) is 16.2 Å². The largest absolute Gasteiger partial charge is 0.768 e. The van der Waals surface area contributed by atoms with Gasteiger partial charge in [0.1, 0.15) is 6.10 Å². The first-order chi connectivity index (χ1) is 15.9. The smallest absolute Gasteiger partial charge is 0.293 e. The molecular weight excluding hydrogens is 466 g/mol. The van der Waals surface area contributed by atoms with Gasteiger partial charge in [0.15, 0.2) is 5.13 Å². The molecule has 0 radical (unpaired) electrons. The number of thiazole rings is 1. The van der Waals surface area contributed by atoms with Crippen molar-refractivity contribution >= 4 is 45.6 Å². The van der Waals surface area contributed by atoms with Crippen molar-refractivity contribution in [1.82, 2.24) is 10.3 Å². The first-order valence-corrected chi connectivity index (χ1v) is 12.5. The summed E-state index contributed by atoms with van der Waals surface area (Å²) in [5.41, 5.74) is 10.8. The van der Waals surface area contributed by atoms with Crippen LogP contribution in [0.25, 0.3) is 0 Å². The summed E-state index contributed by atoms with van der Waals surface area (Å²) in [5, 5.41) is 5.65. The number of ether oxygens (including phenoxy) is 1. The second kappa shape index (κ2) is 17.1. The number of hydrogen-bond donors (Lipinski definition) is 3. The zero-order chi connectivity index (χ0) is 24.5. The maximum Gasteiger partial charge on any atom is 0.293 e. The van der Waals surface area contributed by atoms with Gasteiger partial charge in [0.2, 0.25) is 5.91 Å². The third kappa shape index (κ3) is 11.9. The molecule has 1 amide bonds. The van der Waals surface area contributed by atoms with Crippen molar-refractivity contribution in [2.75, 3.05) is 36.8 Å². The Balaban J connectivity index is 0. The summed E-state index contributed by atoms with van der Waals surface area (Å²) in [6, 6.07) is 6.33. The molecular formula is C21H36N5O5S2-. The van der Waals surface area contributed by atoms with E-state index in [-0.39, 0.29) is 19.8 Å². The van der Waals surface area contributed by atoms with Crippen molar-refractivity contribution in [1.29, 1.82) is 0 Å². The average molecular weight is 503 g/mol. The Bertz CT molecular complexity index is 826. The molecule has 1 atom stereocenters. The molecule has 0 bridgehead atoms. The van der Waals surface area contributed by atoms with Crippen LogP contribution in [0.1, 0.15) is 35.5 Å². The van der Waals surface area contributed by atoms with Crippen LogP contribution in [0, 0.1) is 0 Å². The zero-order valence-electron chi connectivity index (χ0n) is 18.7. The normalized spacial score (nSPS) is 16.2. The Morgan fingerprint density at radius 2 is 2.00 bits per heavy atom. The van der Waals surface area contributed by atoms with Crippen LogP contribution in [-0.4, -0.2) is 58.4 Å². The highest BCUT2D eigenvalue weighted by Crippen LogP contribution is 2.22. The fourth-order valence-corrected chi connectivity index (χ4v) is 3.64. The minimum absolute atomic E-state index is 0. The molecule has 2 aliphatic heterocycles. The molecule has 2 aromatic rings. The van der Waals surface area contributed by atoms with Crippen LogP contribution in [-0.2, 0) is 25.4 Å². The van der Waals surface area contributed by atoms with E-state index < -0.39 is 11.1 Å². The maximum absolute atomic E-state index is 11.4. The van der Waals surface area contributed by atoms with Crippen molar-refractivity contribution < 1.29 is 25.9 Å². The minimum atomic E-state index is -2.20. The van der Waals surface area contributed by atoms with Crippen LogP contribution in [0.3, 0.4) is 0 Å². The summed E-state index contributed by atoms with van der Waals surface area (Å²) < 4.78 is 26.0. The van der Waals surface area contributed by atoms with Crippen molar-refractivity contribution in [3.63, 3.8) is 0 Å². The summed E-state index contributed by atoms with van der Waals surface area (Å²) in [7, 11) is 0. The van der Waals surface area contributed by atoms with Crippen LogP contribution in [0.5, 0.6) is 0 Å². The van der Waals surface area contributed by atoms with Gasteiger partial charge in [-0.1, -0.05) is 6.92 Å². The molecule has 2 aliphatic rings. The van der Waals surface area contributed by atoms with Gasteiger partial charge in [0, 0.05) is 38.0 Å². The second-order valence-corrected chi connectivity index (χ2v) is 8.70. The Kier molecular flexibility index (Phi) is 14.9. The molecule has 33 heavy (non-hydrogen) atoms. The number of benzene rings is 1. The number of nitrogens with two attached hydrogens (primary N) is 2. The molecule has 4 rings (SSSR count). The van der Waals surface area contributed by atoms with Gasteiger partial charge in [-0.05, 0) is 74.2 Å². The van der Waals surface area contributed by atoms with E-state index in [1.165, 1.54) is 23.5 Å². The number of carbonyl (C=O) groups excluding carboxylic acids is 2. The van der Waals surface area contributed by atoms with E-state index >= 15 is 0 Å². The van der Waals surface area contributed by atoms with E-state index in [1.54, 1.807) is 23.2 Å². The Morgan fingerprint density at radius 1 is 1.36 bits per heavy atom. The molecule has 0 aliphatic carbocycles. The summed E-state index contributed by atoms with van der Waals surface area (Å²) in [6.07, 6.45) is 5.21. The Morgan fingerprint density at radius 3 is 2.39 bits per heavy atom. The number of nitrogens with zero attached hydrogens (tertiary/aromatic N) is 2. The molecule has 2 fully saturated rings. The van der Waals surface area contributed by atoms with Crippen molar-refractivity contribution in [3.05, 3.63) is 35.8 Å². The molecule has 188 valence electrons. The molecule has 5 N–H and O–H groups in total. The third-order valence-corrected chi connectivity index (χ3v) is 5.66. The fourth-order valence-electron chi connectivity index (χ4n) is 2.90. The lowest BCUT2D eigenvalue weighted by Gasteiger charge is -2.20. The third-order valence-electron chi connectivity index (χ3n) is 4.40. The van der Waals surface area contributed by atoms with E-state index in [0.717, 1.165) is 51.1 Å². The van der Waals surface area contributed by atoms with Gasteiger partial charge in [0.25, 0.3) is 6.47 Å². The molecule has 0 spiro atoms. The van der Waals surface area contributed by atoms with Crippen LogP contribution in [0.4, 0.5) is 10.8 Å². The van der Waals surface area contributed by atoms with Crippen LogP contribution in [0.2, 0.25) is 0 Å². The second-order valence-electron chi connectivity index (χ2n) is 6.84. The summed E-state index contributed by atoms with van der Waals surface area (Å²) in [6.45, 7) is 5.85. The number of anilines is 2. The van der Waals surface area contributed by atoms with Gasteiger partial charge in [-0.15, -0.1) is 11.3 Å². The monoisotopic (exact) mass is 502 g/mol. The van der Waals surface area contributed by atoms with Gasteiger partial charge in [-0.25, -0.2) is 4.98 Å². The number of amides is 1. The van der Waals surface area contributed by atoms with Crippen molar-refractivity contribution in [3.8, 4) is 0 Å².